The van der Waals surface area contributed by atoms with Gasteiger partial charge in [0.1, 0.15) is 12.4 Å². The van der Waals surface area contributed by atoms with Crippen LogP contribution in [0.5, 0.6) is 5.75 Å². The van der Waals surface area contributed by atoms with E-state index in [0.29, 0.717) is 24.5 Å². The maximum atomic E-state index is 11.2. The second kappa shape index (κ2) is 10.4. The Morgan fingerprint density at radius 2 is 1.71 bits per heavy atom. The van der Waals surface area contributed by atoms with E-state index >= 15 is 0 Å². The van der Waals surface area contributed by atoms with Gasteiger partial charge in [-0.2, -0.15) is 5.10 Å². The van der Waals surface area contributed by atoms with Crippen LogP contribution in [0.4, 0.5) is 0 Å². The molecule has 4 rings (SSSR count). The molecule has 0 amide bonds. The van der Waals surface area contributed by atoms with Crippen LogP contribution in [0.3, 0.4) is 0 Å². The zero-order chi connectivity index (χ0) is 24.1. The summed E-state index contributed by atoms with van der Waals surface area (Å²) in [6, 6.07) is 22.1. The molecule has 34 heavy (non-hydrogen) atoms. The summed E-state index contributed by atoms with van der Waals surface area (Å²) in [7, 11) is 0. The van der Waals surface area contributed by atoms with E-state index in [4.69, 9.17) is 10.5 Å². The third-order valence-corrected chi connectivity index (χ3v) is 5.66. The van der Waals surface area contributed by atoms with Crippen LogP contribution in [0, 0.1) is 0 Å². The highest BCUT2D eigenvalue weighted by atomic mass is 16.5. The first kappa shape index (κ1) is 23.3. The Morgan fingerprint density at radius 3 is 2.41 bits per heavy atom. The van der Waals surface area contributed by atoms with Crippen molar-refractivity contribution in [3.63, 3.8) is 0 Å². The molecule has 1 aromatic heterocycles. The molecule has 174 valence electrons. The Hall–Kier alpha value is -3.90. The maximum Gasteiger partial charge on any atom is 0.307 e. The Kier molecular flexibility index (Phi) is 7.09. The molecule has 0 fully saturated rings. The van der Waals surface area contributed by atoms with Crippen molar-refractivity contribution in [3.05, 3.63) is 95.8 Å². The van der Waals surface area contributed by atoms with Crippen molar-refractivity contribution < 1.29 is 14.6 Å². The quantitative estimate of drug-likeness (QED) is 0.350. The van der Waals surface area contributed by atoms with E-state index in [0.717, 1.165) is 33.4 Å². The maximum absolute atomic E-state index is 11.2. The lowest BCUT2D eigenvalue weighted by atomic mass is 9.96. The smallest absolute Gasteiger partial charge is 0.307 e. The van der Waals surface area contributed by atoms with Crippen molar-refractivity contribution in [1.82, 2.24) is 9.78 Å². The first-order valence-electron chi connectivity index (χ1n) is 11.3. The van der Waals surface area contributed by atoms with E-state index in [1.54, 1.807) is 12.1 Å². The minimum Gasteiger partial charge on any atom is -0.489 e. The van der Waals surface area contributed by atoms with Gasteiger partial charge in [0.15, 0.2) is 0 Å². The minimum atomic E-state index is -0.887. The van der Waals surface area contributed by atoms with Crippen molar-refractivity contribution in [2.24, 2.45) is 5.73 Å². The summed E-state index contributed by atoms with van der Waals surface area (Å²) in [6.45, 7) is 4.98. The molecule has 0 bridgehead atoms. The number of para-hydroxylation sites is 1. The third kappa shape index (κ3) is 5.53. The van der Waals surface area contributed by atoms with E-state index < -0.39 is 5.97 Å². The van der Waals surface area contributed by atoms with Gasteiger partial charge in [-0.15, -0.1) is 0 Å². The van der Waals surface area contributed by atoms with Crippen molar-refractivity contribution in [2.75, 3.05) is 0 Å². The highest BCUT2D eigenvalue weighted by molar-refractivity contribution is 5.74. The summed E-state index contributed by atoms with van der Waals surface area (Å²) in [5, 5.41) is 13.7. The van der Waals surface area contributed by atoms with Crippen LogP contribution in [0.2, 0.25) is 0 Å². The largest absolute Gasteiger partial charge is 0.489 e. The number of hydrogen-bond acceptors (Lipinski definition) is 4. The Bertz CT molecular complexity index is 1290. The van der Waals surface area contributed by atoms with Gasteiger partial charge in [-0.3, -0.25) is 9.48 Å². The number of nitrogens with two attached hydrogens (primary N) is 1. The lowest BCUT2D eigenvalue weighted by Crippen LogP contribution is -2.04. The fourth-order valence-electron chi connectivity index (χ4n) is 3.87. The Balaban J connectivity index is 1.70. The third-order valence-electron chi connectivity index (χ3n) is 5.66. The summed E-state index contributed by atoms with van der Waals surface area (Å²) in [5.41, 5.74) is 12.8. The van der Waals surface area contributed by atoms with Crippen LogP contribution in [-0.2, 0) is 24.4 Å². The average Bonchev–Trinajstić information content (AvgIpc) is 3.34. The lowest BCUT2D eigenvalue weighted by molar-refractivity contribution is -0.136. The fraction of sp³-hybridized carbons (Fsp3) is 0.214. The molecule has 0 spiro atoms. The van der Waals surface area contributed by atoms with E-state index in [2.05, 4.69) is 49.3 Å². The molecule has 0 unspecified atom stereocenters. The molecule has 3 aromatic carbocycles. The molecule has 0 atom stereocenters. The van der Waals surface area contributed by atoms with Crippen LogP contribution in [0.1, 0.15) is 36.6 Å². The Labute approximate surface area is 199 Å². The summed E-state index contributed by atoms with van der Waals surface area (Å²) in [5.74, 6) is -0.308. The molecule has 0 aliphatic heterocycles. The number of rotatable bonds is 9. The zero-order valence-corrected chi connectivity index (χ0v) is 19.4. The average molecular weight is 456 g/mol. The molecule has 3 N–H and O–H groups in total. The second-order valence-electron chi connectivity index (χ2n) is 8.59. The van der Waals surface area contributed by atoms with Gasteiger partial charge in [0.25, 0.3) is 0 Å². The highest BCUT2D eigenvalue weighted by Gasteiger charge is 2.11. The fourth-order valence-corrected chi connectivity index (χ4v) is 3.87. The van der Waals surface area contributed by atoms with Crippen LogP contribution in [0.15, 0.2) is 79.1 Å². The number of carbonyl (C=O) groups is 1. The van der Waals surface area contributed by atoms with Crippen LogP contribution >= 0.6 is 0 Å². The van der Waals surface area contributed by atoms with Crippen molar-refractivity contribution in [2.45, 2.75) is 39.5 Å². The number of nitrogens with zero attached hydrogens (tertiary/aromatic N) is 2. The van der Waals surface area contributed by atoms with E-state index in [9.17, 15) is 9.90 Å². The molecule has 0 aliphatic rings. The molecular weight excluding hydrogens is 426 g/mol. The van der Waals surface area contributed by atoms with Gasteiger partial charge in [0, 0.05) is 29.9 Å². The predicted molar refractivity (Wildman–Crippen MR) is 133 cm³/mol. The molecule has 0 saturated carbocycles. The Morgan fingerprint density at radius 1 is 0.971 bits per heavy atom. The van der Waals surface area contributed by atoms with E-state index in [1.807, 2.05) is 41.3 Å². The summed E-state index contributed by atoms with van der Waals surface area (Å²) in [4.78, 5) is 11.2. The van der Waals surface area contributed by atoms with Crippen LogP contribution in [0.25, 0.3) is 22.3 Å². The van der Waals surface area contributed by atoms with Gasteiger partial charge in [-0.25, -0.2) is 0 Å². The van der Waals surface area contributed by atoms with E-state index in [-0.39, 0.29) is 12.5 Å². The molecule has 0 radical (unpaired) electrons. The second-order valence-corrected chi connectivity index (χ2v) is 8.59. The first-order valence-corrected chi connectivity index (χ1v) is 11.3. The predicted octanol–water partition coefficient (Wildman–Crippen LogP) is 5.46. The number of aromatic nitrogens is 2. The summed E-state index contributed by atoms with van der Waals surface area (Å²) in [6.07, 6.45) is 3.84. The molecule has 1 heterocycles. The molecule has 0 aliphatic carbocycles. The number of carboxylic acids is 1. The van der Waals surface area contributed by atoms with Crippen molar-refractivity contribution in [1.29, 1.82) is 0 Å². The molecule has 0 saturated heterocycles. The summed E-state index contributed by atoms with van der Waals surface area (Å²) >= 11 is 0. The monoisotopic (exact) mass is 455 g/mol. The molecule has 6 nitrogen and oxygen atoms in total. The standard InChI is InChI=1S/C28H29N3O3/c1-19(2)31-17-26(16-30-31)25-12-21(11-24(13-25)22-8-5-6-20(10-22)15-29)18-34-27-9-4-3-7-23(27)14-28(32)33/h3-13,16-17,19H,14-15,18,29H2,1-2H3,(H,32,33). The first-order chi connectivity index (χ1) is 16.4. The van der Waals surface area contributed by atoms with Gasteiger partial charge >= 0.3 is 5.97 Å². The number of hydrogen-bond donors (Lipinski definition) is 2. The minimum absolute atomic E-state index is 0.0816. The SMILES string of the molecule is CC(C)n1cc(-c2cc(COc3ccccc3CC(=O)O)cc(-c3cccc(CN)c3)c2)cn1. The van der Waals surface area contributed by atoms with Gasteiger partial charge in [0.2, 0.25) is 0 Å². The molecule has 4 aromatic rings. The van der Waals surface area contributed by atoms with Gasteiger partial charge in [0.05, 0.1) is 12.6 Å². The van der Waals surface area contributed by atoms with Crippen LogP contribution in [-0.4, -0.2) is 20.9 Å². The normalized spacial score (nSPS) is 11.1. The van der Waals surface area contributed by atoms with Gasteiger partial charge < -0.3 is 15.6 Å². The van der Waals surface area contributed by atoms with Crippen LogP contribution < -0.4 is 10.5 Å². The van der Waals surface area contributed by atoms with Gasteiger partial charge in [-0.1, -0.05) is 36.4 Å². The van der Waals surface area contributed by atoms with Gasteiger partial charge in [-0.05, 0) is 72.0 Å². The molecular formula is C28H29N3O3. The van der Waals surface area contributed by atoms with Crippen molar-refractivity contribution in [3.8, 4) is 28.0 Å². The number of benzene rings is 3. The van der Waals surface area contributed by atoms with Crippen molar-refractivity contribution >= 4 is 5.97 Å². The highest BCUT2D eigenvalue weighted by Crippen LogP contribution is 2.30. The number of carboxylic acid groups (broad SMARTS) is 1. The molecule has 6 heteroatoms. The lowest BCUT2D eigenvalue weighted by Gasteiger charge is -2.13. The van der Waals surface area contributed by atoms with E-state index in [1.165, 1.54) is 0 Å². The summed E-state index contributed by atoms with van der Waals surface area (Å²) < 4.78 is 8.03. The topological polar surface area (TPSA) is 90.4 Å². The number of ether oxygens (including phenoxy) is 1. The zero-order valence-electron chi connectivity index (χ0n) is 19.4. The number of aliphatic carboxylic acids is 1.